The average molecular weight is 264 g/mol. The number of nitrogens with one attached hydrogen (secondary N) is 1. The Morgan fingerprint density at radius 2 is 2.22 bits per heavy atom. The molecule has 6 heteroatoms. The molecular weight excluding hydrogens is 252 g/mol. The summed E-state index contributed by atoms with van der Waals surface area (Å²) in [5, 5.41) is 24.1. The monoisotopic (exact) mass is 264 g/mol. The van der Waals surface area contributed by atoms with Crippen LogP contribution in [0.25, 0.3) is 0 Å². The molecule has 0 saturated heterocycles. The molecule has 1 amide bonds. The highest BCUT2D eigenvalue weighted by Gasteiger charge is 2.11. The van der Waals surface area contributed by atoms with Gasteiger partial charge in [0.25, 0.3) is 5.91 Å². The van der Waals surface area contributed by atoms with E-state index >= 15 is 0 Å². The molecule has 0 aliphatic rings. The van der Waals surface area contributed by atoms with E-state index in [0.717, 1.165) is 16.8 Å². The first-order chi connectivity index (χ1) is 8.56. The van der Waals surface area contributed by atoms with E-state index in [1.54, 1.807) is 0 Å². The maximum atomic E-state index is 11.8. The number of amides is 1. The molecule has 0 radical (unpaired) electrons. The number of aromatic hydroxyl groups is 2. The third kappa shape index (κ3) is 2.78. The van der Waals surface area contributed by atoms with Crippen LogP contribution in [0.2, 0.25) is 0 Å². The van der Waals surface area contributed by atoms with Crippen LogP contribution >= 0.6 is 11.3 Å². The van der Waals surface area contributed by atoms with Gasteiger partial charge in [0.1, 0.15) is 11.5 Å². The lowest BCUT2D eigenvalue weighted by Gasteiger charge is -2.05. The van der Waals surface area contributed by atoms with E-state index < -0.39 is 5.91 Å². The third-order valence-corrected chi connectivity index (χ3v) is 3.14. The first-order valence-corrected chi connectivity index (χ1v) is 6.15. The Morgan fingerprint density at radius 1 is 1.44 bits per heavy atom. The van der Waals surface area contributed by atoms with Crippen molar-refractivity contribution < 1.29 is 15.0 Å². The number of carbonyl (C=O) groups excluding carboxylic acids is 1. The second-order valence-electron chi connectivity index (χ2n) is 3.74. The van der Waals surface area contributed by atoms with Crippen LogP contribution in [-0.2, 0) is 6.54 Å². The van der Waals surface area contributed by atoms with Crippen LogP contribution in [0, 0.1) is 6.92 Å². The van der Waals surface area contributed by atoms with Gasteiger partial charge in [0.15, 0.2) is 0 Å². The molecule has 0 bridgehead atoms. The van der Waals surface area contributed by atoms with Gasteiger partial charge in [-0.2, -0.15) is 0 Å². The molecule has 5 nitrogen and oxygen atoms in total. The molecule has 0 spiro atoms. The summed E-state index contributed by atoms with van der Waals surface area (Å²) in [4.78, 5) is 16.0. The number of thiazole rings is 1. The Balaban J connectivity index is 2.03. The fraction of sp³-hybridized carbons (Fsp3) is 0.167. The number of hydrogen-bond donors (Lipinski definition) is 3. The van der Waals surface area contributed by atoms with Gasteiger partial charge in [0.05, 0.1) is 22.8 Å². The lowest BCUT2D eigenvalue weighted by molar-refractivity contribution is 0.0948. The van der Waals surface area contributed by atoms with Gasteiger partial charge in [-0.1, -0.05) is 0 Å². The molecule has 1 aromatic heterocycles. The van der Waals surface area contributed by atoms with E-state index in [0.29, 0.717) is 6.54 Å². The molecule has 0 atom stereocenters. The predicted octanol–water partition coefficient (Wildman–Crippen LogP) is 1.79. The Bertz CT molecular complexity index is 580. The molecule has 0 saturated carbocycles. The molecule has 94 valence electrons. The van der Waals surface area contributed by atoms with Crippen LogP contribution in [-0.4, -0.2) is 21.1 Å². The average Bonchev–Trinajstić information content (AvgIpc) is 2.72. The van der Waals surface area contributed by atoms with E-state index in [1.807, 2.05) is 12.3 Å². The Hall–Kier alpha value is -2.08. The van der Waals surface area contributed by atoms with Gasteiger partial charge in [0.2, 0.25) is 0 Å². The number of nitrogens with zero attached hydrogens (tertiary/aromatic N) is 1. The number of carbonyl (C=O) groups is 1. The van der Waals surface area contributed by atoms with Crippen molar-refractivity contribution in [1.29, 1.82) is 0 Å². The fourth-order valence-corrected chi connectivity index (χ4v) is 2.08. The largest absolute Gasteiger partial charge is 0.508 e. The van der Waals surface area contributed by atoms with E-state index in [9.17, 15) is 9.90 Å². The molecule has 3 N–H and O–H groups in total. The summed E-state index contributed by atoms with van der Waals surface area (Å²) in [6.45, 7) is 2.20. The zero-order valence-electron chi connectivity index (χ0n) is 9.67. The molecule has 0 aliphatic heterocycles. The summed E-state index contributed by atoms with van der Waals surface area (Å²) in [7, 11) is 0. The number of hydrogen-bond acceptors (Lipinski definition) is 5. The lowest BCUT2D eigenvalue weighted by Crippen LogP contribution is -2.23. The third-order valence-electron chi connectivity index (χ3n) is 2.32. The number of benzene rings is 1. The van der Waals surface area contributed by atoms with Crippen molar-refractivity contribution in [2.24, 2.45) is 0 Å². The van der Waals surface area contributed by atoms with Crippen LogP contribution in [0.3, 0.4) is 0 Å². The van der Waals surface area contributed by atoms with E-state index in [1.165, 1.54) is 23.5 Å². The van der Waals surface area contributed by atoms with Gasteiger partial charge in [-0.15, -0.1) is 11.3 Å². The van der Waals surface area contributed by atoms with Gasteiger partial charge >= 0.3 is 0 Å². The molecule has 0 aliphatic carbocycles. The molecule has 0 fully saturated rings. The number of aromatic nitrogens is 1. The molecule has 1 aromatic carbocycles. The Morgan fingerprint density at radius 3 is 2.83 bits per heavy atom. The molecule has 2 aromatic rings. The van der Waals surface area contributed by atoms with Crippen molar-refractivity contribution in [3.05, 3.63) is 39.8 Å². The minimum Gasteiger partial charge on any atom is -0.508 e. The second-order valence-corrected chi connectivity index (χ2v) is 4.80. The van der Waals surface area contributed by atoms with Crippen LogP contribution in [0.15, 0.2) is 23.6 Å². The van der Waals surface area contributed by atoms with Crippen molar-refractivity contribution in [2.75, 3.05) is 0 Å². The Kier molecular flexibility index (Phi) is 3.47. The van der Waals surface area contributed by atoms with Crippen LogP contribution < -0.4 is 5.32 Å². The maximum Gasteiger partial charge on any atom is 0.255 e. The van der Waals surface area contributed by atoms with Crippen molar-refractivity contribution >= 4 is 17.2 Å². The number of phenols is 2. The highest BCUT2D eigenvalue weighted by atomic mass is 32.1. The quantitative estimate of drug-likeness (QED) is 0.789. The van der Waals surface area contributed by atoms with Crippen LogP contribution in [0.4, 0.5) is 0 Å². The Labute approximate surface area is 108 Å². The normalized spacial score (nSPS) is 10.3. The number of aryl methyl sites for hydroxylation is 1. The van der Waals surface area contributed by atoms with Crippen LogP contribution in [0.5, 0.6) is 11.5 Å². The summed E-state index contributed by atoms with van der Waals surface area (Å²) in [5.41, 5.74) is 0.906. The molecule has 0 unspecified atom stereocenters. The summed E-state index contributed by atoms with van der Waals surface area (Å²) < 4.78 is 0. The first kappa shape index (κ1) is 12.4. The van der Waals surface area contributed by atoms with E-state index in [-0.39, 0.29) is 17.1 Å². The zero-order chi connectivity index (χ0) is 13.1. The number of phenolic OH excluding ortho intramolecular Hbond substituents is 2. The maximum absolute atomic E-state index is 11.8. The van der Waals surface area contributed by atoms with Gasteiger partial charge < -0.3 is 15.5 Å². The predicted molar refractivity (Wildman–Crippen MR) is 67.8 cm³/mol. The van der Waals surface area contributed by atoms with Crippen molar-refractivity contribution in [1.82, 2.24) is 10.3 Å². The van der Waals surface area contributed by atoms with Crippen molar-refractivity contribution in [2.45, 2.75) is 13.5 Å². The highest BCUT2D eigenvalue weighted by molar-refractivity contribution is 7.09. The fourth-order valence-electron chi connectivity index (χ4n) is 1.47. The standard InChI is InChI=1S/C12H12N2O3S/c1-7-14-8(6-18-7)5-13-12(17)10-3-2-9(15)4-11(10)16/h2-4,6,15-16H,5H2,1H3,(H,13,17). The van der Waals surface area contributed by atoms with Crippen molar-refractivity contribution in [3.8, 4) is 11.5 Å². The summed E-state index contributed by atoms with van der Waals surface area (Å²) in [6, 6.07) is 3.84. The summed E-state index contributed by atoms with van der Waals surface area (Å²) in [5.74, 6) is -0.737. The first-order valence-electron chi connectivity index (χ1n) is 5.27. The van der Waals surface area contributed by atoms with E-state index in [4.69, 9.17) is 5.11 Å². The highest BCUT2D eigenvalue weighted by Crippen LogP contribution is 2.22. The molecule has 18 heavy (non-hydrogen) atoms. The zero-order valence-corrected chi connectivity index (χ0v) is 10.5. The molecule has 1 heterocycles. The lowest BCUT2D eigenvalue weighted by atomic mass is 10.2. The van der Waals surface area contributed by atoms with Crippen LogP contribution in [0.1, 0.15) is 21.1 Å². The topological polar surface area (TPSA) is 82.5 Å². The van der Waals surface area contributed by atoms with Gasteiger partial charge in [-0.3, -0.25) is 4.79 Å². The number of rotatable bonds is 3. The summed E-state index contributed by atoms with van der Waals surface area (Å²) in [6.07, 6.45) is 0. The van der Waals surface area contributed by atoms with E-state index in [2.05, 4.69) is 10.3 Å². The molecular formula is C12H12N2O3S. The minimum atomic E-state index is -0.404. The smallest absolute Gasteiger partial charge is 0.255 e. The second kappa shape index (κ2) is 5.05. The van der Waals surface area contributed by atoms with Gasteiger partial charge in [0, 0.05) is 11.4 Å². The van der Waals surface area contributed by atoms with Crippen molar-refractivity contribution in [3.63, 3.8) is 0 Å². The minimum absolute atomic E-state index is 0.0841. The SMILES string of the molecule is Cc1nc(CNC(=O)c2ccc(O)cc2O)cs1. The summed E-state index contributed by atoms with van der Waals surface area (Å²) >= 11 is 1.51. The molecule has 2 rings (SSSR count). The van der Waals surface area contributed by atoms with Gasteiger partial charge in [-0.25, -0.2) is 4.98 Å². The van der Waals surface area contributed by atoms with Gasteiger partial charge in [-0.05, 0) is 19.1 Å².